The van der Waals surface area contributed by atoms with Gasteiger partial charge in [0, 0.05) is 24.1 Å². The van der Waals surface area contributed by atoms with E-state index in [2.05, 4.69) is 20.3 Å². The third-order valence-corrected chi connectivity index (χ3v) is 4.09. The lowest BCUT2D eigenvalue weighted by molar-refractivity contribution is -0.140. The largest absolute Gasteiger partial charge is 0.494 e. The van der Waals surface area contributed by atoms with Crippen molar-refractivity contribution in [2.75, 3.05) is 12.4 Å². The predicted octanol–water partition coefficient (Wildman–Crippen LogP) is 4.70. The lowest BCUT2D eigenvalue weighted by Gasteiger charge is -2.10. The summed E-state index contributed by atoms with van der Waals surface area (Å²) in [6, 6.07) is 10.3. The molecule has 0 unspecified atom stereocenters. The van der Waals surface area contributed by atoms with Gasteiger partial charge in [0.25, 0.3) is 0 Å². The highest BCUT2D eigenvalue weighted by atomic mass is 19.4. The van der Waals surface area contributed by atoms with Gasteiger partial charge >= 0.3 is 6.18 Å². The minimum absolute atomic E-state index is 0.0690. The van der Waals surface area contributed by atoms with Crippen LogP contribution in [0.4, 0.5) is 29.1 Å². The Balaban J connectivity index is 1.77. The van der Waals surface area contributed by atoms with E-state index >= 15 is 0 Å². The van der Waals surface area contributed by atoms with Gasteiger partial charge in [-0.25, -0.2) is 19.3 Å². The fraction of sp³-hybridized carbons (Fsp3) is 0.105. The molecule has 3 heterocycles. The molecular formula is C19H13F4N5O. The average Bonchev–Trinajstić information content (AvgIpc) is 3.08. The van der Waals surface area contributed by atoms with Gasteiger partial charge in [-0.2, -0.15) is 13.2 Å². The number of rotatable bonds is 4. The number of imidazole rings is 1. The summed E-state index contributed by atoms with van der Waals surface area (Å²) in [5.74, 6) is -0.499. The van der Waals surface area contributed by atoms with Crippen LogP contribution in [0.5, 0.6) is 5.75 Å². The molecule has 10 heteroatoms. The quantitative estimate of drug-likeness (QED) is 0.501. The first kappa shape index (κ1) is 18.7. The minimum atomic E-state index is -4.69. The molecule has 29 heavy (non-hydrogen) atoms. The van der Waals surface area contributed by atoms with Crippen LogP contribution in [0.15, 0.2) is 54.9 Å². The van der Waals surface area contributed by atoms with Crippen molar-refractivity contribution in [3.8, 4) is 17.3 Å². The molecule has 148 valence electrons. The van der Waals surface area contributed by atoms with E-state index in [-0.39, 0.29) is 28.7 Å². The zero-order valence-corrected chi connectivity index (χ0v) is 14.9. The molecule has 1 N–H and O–H groups in total. The third kappa shape index (κ3) is 3.56. The van der Waals surface area contributed by atoms with Gasteiger partial charge in [0.15, 0.2) is 23.1 Å². The molecule has 4 aromatic rings. The number of anilines is 2. The summed E-state index contributed by atoms with van der Waals surface area (Å²) >= 11 is 0. The Morgan fingerprint density at radius 1 is 1.07 bits per heavy atom. The molecule has 0 radical (unpaired) electrons. The first-order valence-electron chi connectivity index (χ1n) is 8.35. The second kappa shape index (κ2) is 7.04. The number of fused-ring (bicyclic) bond motifs is 1. The number of alkyl halides is 3. The van der Waals surface area contributed by atoms with E-state index in [1.807, 2.05) is 0 Å². The molecule has 0 bridgehead atoms. The fourth-order valence-electron chi connectivity index (χ4n) is 2.84. The van der Waals surface area contributed by atoms with Crippen molar-refractivity contribution in [1.29, 1.82) is 0 Å². The molecule has 6 nitrogen and oxygen atoms in total. The number of hydrogen-bond donors (Lipinski definition) is 1. The van der Waals surface area contributed by atoms with Crippen molar-refractivity contribution in [3.63, 3.8) is 0 Å². The summed E-state index contributed by atoms with van der Waals surface area (Å²) in [6.45, 7) is 0. The van der Waals surface area contributed by atoms with Crippen molar-refractivity contribution in [2.45, 2.75) is 6.18 Å². The standard InChI is InChI=1S/C19H13F4N5O/c1-29-13-6-5-11(10-12(13)20)25-14-7-8-24-18(26-14)16-17(19(21,22)23)27-15-4-2-3-9-28(15)16/h2-10H,1H3,(H,24,25,26). The number of benzene rings is 1. The molecule has 0 saturated carbocycles. The first-order valence-corrected chi connectivity index (χ1v) is 8.35. The summed E-state index contributed by atoms with van der Waals surface area (Å²) in [7, 11) is 1.34. The third-order valence-electron chi connectivity index (χ3n) is 4.09. The Hall–Kier alpha value is -3.69. The Bertz CT molecular complexity index is 1190. The van der Waals surface area contributed by atoms with E-state index in [9.17, 15) is 17.6 Å². The lowest BCUT2D eigenvalue weighted by atomic mass is 10.2. The zero-order chi connectivity index (χ0) is 20.6. The van der Waals surface area contributed by atoms with Crippen molar-refractivity contribution < 1.29 is 22.3 Å². The highest BCUT2D eigenvalue weighted by Gasteiger charge is 2.39. The minimum Gasteiger partial charge on any atom is -0.494 e. The Morgan fingerprint density at radius 3 is 2.62 bits per heavy atom. The predicted molar refractivity (Wildman–Crippen MR) is 97.5 cm³/mol. The summed E-state index contributed by atoms with van der Waals surface area (Å²) in [4.78, 5) is 11.8. The second-order valence-electron chi connectivity index (χ2n) is 5.98. The number of pyridine rings is 1. The smallest absolute Gasteiger partial charge is 0.435 e. The normalized spacial score (nSPS) is 11.6. The molecule has 0 aliphatic rings. The van der Waals surface area contributed by atoms with Crippen LogP contribution in [0.25, 0.3) is 17.2 Å². The Kier molecular flexibility index (Phi) is 4.53. The lowest BCUT2D eigenvalue weighted by Crippen LogP contribution is -2.09. The number of aromatic nitrogens is 4. The van der Waals surface area contributed by atoms with Gasteiger partial charge < -0.3 is 10.1 Å². The van der Waals surface area contributed by atoms with Gasteiger partial charge in [0.1, 0.15) is 17.2 Å². The number of nitrogens with zero attached hydrogens (tertiary/aromatic N) is 4. The molecule has 3 aromatic heterocycles. The van der Waals surface area contributed by atoms with Gasteiger partial charge in [-0.05, 0) is 30.3 Å². The van der Waals surface area contributed by atoms with Gasteiger partial charge in [0.2, 0.25) is 0 Å². The molecular weight excluding hydrogens is 390 g/mol. The van der Waals surface area contributed by atoms with Gasteiger partial charge in [-0.1, -0.05) is 6.07 Å². The van der Waals surface area contributed by atoms with E-state index in [0.29, 0.717) is 5.69 Å². The summed E-state index contributed by atoms with van der Waals surface area (Å²) in [5, 5.41) is 2.85. The highest BCUT2D eigenvalue weighted by Crippen LogP contribution is 2.36. The van der Waals surface area contributed by atoms with Crippen LogP contribution < -0.4 is 10.1 Å². The van der Waals surface area contributed by atoms with E-state index in [4.69, 9.17) is 4.74 Å². The fourth-order valence-corrected chi connectivity index (χ4v) is 2.84. The van der Waals surface area contributed by atoms with Crippen LogP contribution in [-0.2, 0) is 6.18 Å². The monoisotopic (exact) mass is 403 g/mol. The second-order valence-corrected chi connectivity index (χ2v) is 5.98. The number of nitrogens with one attached hydrogen (secondary N) is 1. The SMILES string of the molecule is COc1ccc(Nc2ccnc(-c3c(C(F)(F)F)nc4ccccn34)n2)cc1F. The van der Waals surface area contributed by atoms with Crippen molar-refractivity contribution in [3.05, 3.63) is 66.4 Å². The maximum Gasteiger partial charge on any atom is 0.435 e. The van der Waals surface area contributed by atoms with Gasteiger partial charge in [0.05, 0.1) is 7.11 Å². The average molecular weight is 403 g/mol. The van der Waals surface area contributed by atoms with Gasteiger partial charge in [-0.3, -0.25) is 4.40 Å². The molecule has 1 aromatic carbocycles. The summed E-state index contributed by atoms with van der Waals surface area (Å²) < 4.78 is 60.6. The molecule has 0 aliphatic heterocycles. The molecule has 0 atom stereocenters. The Labute approximate surface area is 161 Å². The van der Waals surface area contributed by atoms with E-state index in [1.165, 1.54) is 48.2 Å². The van der Waals surface area contributed by atoms with E-state index < -0.39 is 17.7 Å². The van der Waals surface area contributed by atoms with Crippen LogP contribution >= 0.6 is 0 Å². The summed E-state index contributed by atoms with van der Waals surface area (Å²) in [5.41, 5.74) is -0.898. The molecule has 0 amide bonds. The van der Waals surface area contributed by atoms with Crippen molar-refractivity contribution in [2.24, 2.45) is 0 Å². The maximum atomic E-state index is 13.9. The van der Waals surface area contributed by atoms with E-state index in [1.54, 1.807) is 18.2 Å². The number of hydrogen-bond acceptors (Lipinski definition) is 5. The number of halogens is 4. The number of methoxy groups -OCH3 is 1. The van der Waals surface area contributed by atoms with Crippen molar-refractivity contribution >= 4 is 17.2 Å². The van der Waals surface area contributed by atoms with Crippen LogP contribution in [0.1, 0.15) is 5.69 Å². The molecule has 4 rings (SSSR count). The zero-order valence-electron chi connectivity index (χ0n) is 14.9. The van der Waals surface area contributed by atoms with Crippen LogP contribution in [-0.4, -0.2) is 26.5 Å². The van der Waals surface area contributed by atoms with Gasteiger partial charge in [-0.15, -0.1) is 0 Å². The summed E-state index contributed by atoms with van der Waals surface area (Å²) in [6.07, 6.45) is -1.92. The molecule has 0 fully saturated rings. The number of ether oxygens (including phenoxy) is 1. The highest BCUT2D eigenvalue weighted by molar-refractivity contribution is 5.65. The first-order chi connectivity index (χ1) is 13.9. The maximum absolute atomic E-state index is 13.9. The van der Waals surface area contributed by atoms with E-state index in [0.717, 1.165) is 0 Å². The Morgan fingerprint density at radius 2 is 1.90 bits per heavy atom. The molecule has 0 saturated heterocycles. The molecule has 0 aliphatic carbocycles. The topological polar surface area (TPSA) is 64.3 Å². The van der Waals surface area contributed by atoms with Crippen LogP contribution in [0.3, 0.4) is 0 Å². The van der Waals surface area contributed by atoms with Crippen LogP contribution in [0.2, 0.25) is 0 Å². The van der Waals surface area contributed by atoms with Crippen molar-refractivity contribution in [1.82, 2.24) is 19.4 Å². The molecule has 0 spiro atoms. The van der Waals surface area contributed by atoms with Crippen LogP contribution in [0, 0.1) is 5.82 Å².